The Balaban J connectivity index is 1.55. The Labute approximate surface area is 114 Å². The average Bonchev–Trinajstić information content (AvgIpc) is 2.84. The van der Waals surface area contributed by atoms with Gasteiger partial charge in [-0.05, 0) is 28.8 Å². The van der Waals surface area contributed by atoms with E-state index in [0.29, 0.717) is 19.2 Å². The molecular weight excluding hydrogens is 300 g/mol. The molecule has 3 rings (SSSR count). The van der Waals surface area contributed by atoms with Crippen molar-refractivity contribution in [2.24, 2.45) is 0 Å². The molecule has 2 aliphatic rings. The molecule has 0 aromatic carbocycles. The van der Waals surface area contributed by atoms with E-state index in [1.165, 1.54) is 0 Å². The van der Waals surface area contributed by atoms with Crippen molar-refractivity contribution in [2.75, 3.05) is 13.2 Å². The number of nitrogens with zero attached hydrogens (tertiary/aromatic N) is 2. The van der Waals surface area contributed by atoms with Crippen LogP contribution in [0.5, 0.6) is 6.01 Å². The van der Waals surface area contributed by atoms with E-state index in [-0.39, 0.29) is 11.9 Å². The van der Waals surface area contributed by atoms with Gasteiger partial charge in [0.1, 0.15) is 6.10 Å². The molecule has 6 heteroatoms. The summed E-state index contributed by atoms with van der Waals surface area (Å²) in [7, 11) is 0. The largest absolute Gasteiger partial charge is 0.460 e. The van der Waals surface area contributed by atoms with E-state index in [2.05, 4.69) is 25.9 Å². The molecule has 1 saturated heterocycles. The summed E-state index contributed by atoms with van der Waals surface area (Å²) in [5.74, 6) is -0.333. The lowest BCUT2D eigenvalue weighted by Gasteiger charge is -2.34. The molecule has 1 aromatic rings. The first kappa shape index (κ1) is 12.3. The monoisotopic (exact) mass is 314 g/mol. The second-order valence-electron chi connectivity index (χ2n) is 4.61. The number of aromatic nitrogens is 2. The van der Waals surface area contributed by atoms with Crippen LogP contribution in [-0.4, -0.2) is 35.1 Å². The van der Waals surface area contributed by atoms with E-state index in [9.17, 15) is 0 Å². The fourth-order valence-corrected chi connectivity index (χ4v) is 2.65. The van der Waals surface area contributed by atoms with Gasteiger partial charge in [-0.25, -0.2) is 9.97 Å². The lowest BCUT2D eigenvalue weighted by molar-refractivity contribution is -0.186. The number of ether oxygens (including phenoxy) is 3. The number of rotatable bonds is 2. The van der Waals surface area contributed by atoms with Gasteiger partial charge in [0.2, 0.25) is 0 Å². The fourth-order valence-electron chi connectivity index (χ4n) is 2.45. The van der Waals surface area contributed by atoms with Crippen molar-refractivity contribution < 1.29 is 14.2 Å². The molecule has 1 aliphatic heterocycles. The standard InChI is InChI=1S/C12H15BrN2O3/c13-9-7-14-11(15-8-9)18-10-1-3-12(4-2-10)16-5-6-17-12/h7-8,10H,1-6H2. The number of halogens is 1. The van der Waals surface area contributed by atoms with E-state index in [1.54, 1.807) is 12.4 Å². The summed E-state index contributed by atoms with van der Waals surface area (Å²) in [6.07, 6.45) is 7.14. The molecule has 2 fully saturated rings. The Hall–Kier alpha value is -0.720. The van der Waals surface area contributed by atoms with Crippen molar-refractivity contribution in [2.45, 2.75) is 37.6 Å². The lowest BCUT2D eigenvalue weighted by atomic mass is 9.92. The normalized spacial score (nSPS) is 23.4. The lowest BCUT2D eigenvalue weighted by Crippen LogP contribution is -2.38. The van der Waals surface area contributed by atoms with E-state index >= 15 is 0 Å². The van der Waals surface area contributed by atoms with Gasteiger partial charge in [0, 0.05) is 25.2 Å². The van der Waals surface area contributed by atoms with Crippen LogP contribution in [0, 0.1) is 0 Å². The van der Waals surface area contributed by atoms with Gasteiger partial charge in [-0.1, -0.05) is 0 Å². The van der Waals surface area contributed by atoms with Gasteiger partial charge in [-0.3, -0.25) is 0 Å². The minimum absolute atomic E-state index is 0.157. The van der Waals surface area contributed by atoms with Gasteiger partial charge < -0.3 is 14.2 Å². The average molecular weight is 315 g/mol. The highest BCUT2D eigenvalue weighted by Crippen LogP contribution is 2.36. The maximum atomic E-state index is 5.76. The Morgan fingerprint density at radius 2 is 1.78 bits per heavy atom. The van der Waals surface area contributed by atoms with E-state index < -0.39 is 0 Å². The molecule has 0 amide bonds. The third kappa shape index (κ3) is 2.65. The molecule has 1 spiro atoms. The Bertz CT molecular complexity index is 396. The summed E-state index contributed by atoms with van der Waals surface area (Å²) < 4.78 is 18.0. The van der Waals surface area contributed by atoms with Crippen LogP contribution in [0.3, 0.4) is 0 Å². The Morgan fingerprint density at radius 1 is 1.17 bits per heavy atom. The number of hydrogen-bond acceptors (Lipinski definition) is 5. The van der Waals surface area contributed by atoms with Crippen LogP contribution < -0.4 is 4.74 Å². The van der Waals surface area contributed by atoms with Crippen molar-refractivity contribution >= 4 is 15.9 Å². The summed E-state index contributed by atoms with van der Waals surface area (Å²) in [4.78, 5) is 8.24. The summed E-state index contributed by atoms with van der Waals surface area (Å²) in [5, 5.41) is 0. The Kier molecular flexibility index (Phi) is 3.50. The molecule has 1 aliphatic carbocycles. The topological polar surface area (TPSA) is 53.5 Å². The second kappa shape index (κ2) is 5.11. The third-order valence-corrected chi connectivity index (χ3v) is 3.79. The molecule has 0 N–H and O–H groups in total. The van der Waals surface area contributed by atoms with E-state index in [4.69, 9.17) is 14.2 Å². The number of hydrogen-bond donors (Lipinski definition) is 0. The van der Waals surface area contributed by atoms with Crippen molar-refractivity contribution in [1.82, 2.24) is 9.97 Å². The molecule has 2 heterocycles. The molecule has 0 atom stereocenters. The molecule has 1 aromatic heterocycles. The molecule has 5 nitrogen and oxygen atoms in total. The van der Waals surface area contributed by atoms with Crippen LogP contribution in [0.15, 0.2) is 16.9 Å². The highest BCUT2D eigenvalue weighted by Gasteiger charge is 2.41. The van der Waals surface area contributed by atoms with E-state index in [0.717, 1.165) is 30.2 Å². The summed E-state index contributed by atoms with van der Waals surface area (Å²) >= 11 is 3.30. The van der Waals surface area contributed by atoms with Crippen LogP contribution in [0.25, 0.3) is 0 Å². The van der Waals surface area contributed by atoms with Gasteiger partial charge in [0.05, 0.1) is 17.7 Å². The van der Waals surface area contributed by atoms with Gasteiger partial charge >= 0.3 is 6.01 Å². The molecule has 0 radical (unpaired) electrons. The predicted molar refractivity (Wildman–Crippen MR) is 67.3 cm³/mol. The summed E-state index contributed by atoms with van der Waals surface area (Å²) in [6, 6.07) is 0.437. The van der Waals surface area contributed by atoms with Crippen LogP contribution in [0.2, 0.25) is 0 Å². The first-order valence-electron chi connectivity index (χ1n) is 6.18. The van der Waals surface area contributed by atoms with Crippen LogP contribution in [0.1, 0.15) is 25.7 Å². The van der Waals surface area contributed by atoms with Crippen molar-refractivity contribution in [1.29, 1.82) is 0 Å². The molecule has 98 valence electrons. The minimum Gasteiger partial charge on any atom is -0.460 e. The van der Waals surface area contributed by atoms with Crippen molar-refractivity contribution in [3.05, 3.63) is 16.9 Å². The molecule has 18 heavy (non-hydrogen) atoms. The first-order valence-corrected chi connectivity index (χ1v) is 6.97. The maximum Gasteiger partial charge on any atom is 0.316 e. The van der Waals surface area contributed by atoms with Crippen molar-refractivity contribution in [3.8, 4) is 6.01 Å². The molecule has 0 unspecified atom stereocenters. The SMILES string of the molecule is Brc1cnc(OC2CCC3(CC2)OCCO3)nc1. The van der Waals surface area contributed by atoms with Crippen LogP contribution in [0.4, 0.5) is 0 Å². The minimum atomic E-state index is -0.333. The highest BCUT2D eigenvalue weighted by molar-refractivity contribution is 9.10. The molecule has 1 saturated carbocycles. The van der Waals surface area contributed by atoms with Gasteiger partial charge in [-0.2, -0.15) is 0 Å². The first-order chi connectivity index (χ1) is 8.76. The van der Waals surface area contributed by atoms with E-state index in [1.807, 2.05) is 0 Å². The maximum absolute atomic E-state index is 5.76. The van der Waals surface area contributed by atoms with Crippen LogP contribution >= 0.6 is 15.9 Å². The van der Waals surface area contributed by atoms with Crippen LogP contribution in [-0.2, 0) is 9.47 Å². The summed E-state index contributed by atoms with van der Waals surface area (Å²) in [6.45, 7) is 1.42. The van der Waals surface area contributed by atoms with Gasteiger partial charge in [0.25, 0.3) is 0 Å². The zero-order chi connectivity index (χ0) is 12.4. The fraction of sp³-hybridized carbons (Fsp3) is 0.667. The smallest absolute Gasteiger partial charge is 0.316 e. The zero-order valence-electron chi connectivity index (χ0n) is 9.97. The highest BCUT2D eigenvalue weighted by atomic mass is 79.9. The summed E-state index contributed by atoms with van der Waals surface area (Å²) in [5.41, 5.74) is 0. The second-order valence-corrected chi connectivity index (χ2v) is 5.52. The molecular formula is C12H15BrN2O3. The zero-order valence-corrected chi connectivity index (χ0v) is 11.6. The Morgan fingerprint density at radius 3 is 2.39 bits per heavy atom. The quantitative estimate of drug-likeness (QED) is 0.838. The predicted octanol–water partition coefficient (Wildman–Crippen LogP) is 2.30. The third-order valence-electron chi connectivity index (χ3n) is 3.38. The van der Waals surface area contributed by atoms with Crippen molar-refractivity contribution in [3.63, 3.8) is 0 Å². The van der Waals surface area contributed by atoms with Gasteiger partial charge in [-0.15, -0.1) is 0 Å². The molecule has 0 bridgehead atoms. The van der Waals surface area contributed by atoms with Gasteiger partial charge in [0.15, 0.2) is 5.79 Å².